The Balaban J connectivity index is 2.61. The van der Waals surface area contributed by atoms with Crippen LogP contribution in [0.4, 0.5) is 0 Å². The Morgan fingerprint density at radius 2 is 1.41 bits per heavy atom. The summed E-state index contributed by atoms with van der Waals surface area (Å²) in [5, 5.41) is 10.0. The lowest BCUT2D eigenvalue weighted by Crippen LogP contribution is -2.63. The fourth-order valence-electron chi connectivity index (χ4n) is 3.25. The van der Waals surface area contributed by atoms with Crippen LogP contribution in [-0.4, -0.2) is 81.3 Å². The second-order valence-corrected chi connectivity index (χ2v) is 8.37. The molecule has 0 aliphatic carbocycles. The summed E-state index contributed by atoms with van der Waals surface area (Å²) in [6, 6.07) is 8.19. The van der Waals surface area contributed by atoms with E-state index >= 15 is 0 Å². The minimum atomic E-state index is -2.10. The lowest BCUT2D eigenvalue weighted by atomic mass is 9.71. The first-order chi connectivity index (χ1) is 15.2. The van der Waals surface area contributed by atoms with Gasteiger partial charge in [0, 0.05) is 12.0 Å². The predicted molar refractivity (Wildman–Crippen MR) is 120 cm³/mol. The van der Waals surface area contributed by atoms with Crippen LogP contribution in [-0.2, 0) is 35.0 Å². The monoisotopic (exact) mass is 454 g/mol. The quantitative estimate of drug-likeness (QED) is 0.232. The molecule has 9 heteroatoms. The molecule has 0 bridgehead atoms. The molecule has 0 aliphatic heterocycles. The summed E-state index contributed by atoms with van der Waals surface area (Å²) in [5.74, 6) is -2.03. The van der Waals surface area contributed by atoms with Crippen LogP contribution >= 0.6 is 0 Å². The number of carbonyl (C=O) groups is 2. The molecular weight excluding hydrogens is 416 g/mol. The summed E-state index contributed by atoms with van der Waals surface area (Å²) in [5.41, 5.74) is 9.18. The number of rotatable bonds is 17. The van der Waals surface area contributed by atoms with Gasteiger partial charge in [-0.3, -0.25) is 4.79 Å². The SMILES string of the molecule is CC(C)(C)C(OCCOCCOCCOCCN)(C(=O)O)C(=O)C(N)Cc1ccccc1. The number of carbonyl (C=O) groups excluding carboxylic acids is 1. The number of carboxylic acids is 1. The average molecular weight is 455 g/mol. The first-order valence-electron chi connectivity index (χ1n) is 10.8. The van der Waals surface area contributed by atoms with Gasteiger partial charge in [-0.15, -0.1) is 0 Å². The van der Waals surface area contributed by atoms with Crippen molar-refractivity contribution >= 4 is 11.8 Å². The summed E-state index contributed by atoms with van der Waals surface area (Å²) < 4.78 is 21.7. The van der Waals surface area contributed by atoms with Gasteiger partial charge in [-0.1, -0.05) is 51.1 Å². The molecule has 2 atom stereocenters. The summed E-state index contributed by atoms with van der Waals surface area (Å²) in [4.78, 5) is 25.6. The van der Waals surface area contributed by atoms with Crippen molar-refractivity contribution in [1.29, 1.82) is 0 Å². The molecule has 0 saturated heterocycles. The van der Waals surface area contributed by atoms with Crippen LogP contribution in [0.5, 0.6) is 0 Å². The van der Waals surface area contributed by atoms with Crippen molar-refractivity contribution in [2.75, 3.05) is 52.8 Å². The second kappa shape index (κ2) is 14.3. The van der Waals surface area contributed by atoms with Gasteiger partial charge in [0.2, 0.25) is 5.60 Å². The van der Waals surface area contributed by atoms with E-state index < -0.39 is 28.8 Å². The highest BCUT2D eigenvalue weighted by molar-refractivity contribution is 6.10. The zero-order chi connectivity index (χ0) is 24.0. The van der Waals surface area contributed by atoms with E-state index in [1.807, 2.05) is 30.3 Å². The molecule has 1 aromatic rings. The van der Waals surface area contributed by atoms with E-state index in [0.717, 1.165) is 5.56 Å². The number of carboxylic acid groups (broad SMARTS) is 1. The third kappa shape index (κ3) is 8.57. The van der Waals surface area contributed by atoms with Gasteiger partial charge in [-0.25, -0.2) is 4.79 Å². The van der Waals surface area contributed by atoms with E-state index in [-0.39, 0.29) is 19.6 Å². The second-order valence-electron chi connectivity index (χ2n) is 8.37. The van der Waals surface area contributed by atoms with E-state index in [0.29, 0.717) is 39.6 Å². The minimum Gasteiger partial charge on any atom is -0.479 e. The van der Waals surface area contributed by atoms with Crippen LogP contribution in [0.3, 0.4) is 0 Å². The summed E-state index contributed by atoms with van der Waals surface area (Å²) in [6.07, 6.45) is 0.219. The maximum Gasteiger partial charge on any atom is 0.344 e. The summed E-state index contributed by atoms with van der Waals surface area (Å²) in [6.45, 7) is 7.48. The zero-order valence-electron chi connectivity index (χ0n) is 19.4. The minimum absolute atomic E-state index is 0.0764. The fourth-order valence-corrected chi connectivity index (χ4v) is 3.25. The van der Waals surface area contributed by atoms with Crippen LogP contribution < -0.4 is 11.5 Å². The highest BCUT2D eigenvalue weighted by atomic mass is 16.6. The standard InChI is InChI=1S/C23H38N2O7/c1-22(2,3)23(21(27)28,20(26)19(25)17-18-7-5-4-6-8-18)32-16-15-31-14-13-30-12-11-29-10-9-24/h4-8,19H,9-17,24-25H2,1-3H3,(H,27,28). The number of ketones is 1. The van der Waals surface area contributed by atoms with Crippen LogP contribution in [0.15, 0.2) is 30.3 Å². The molecule has 32 heavy (non-hydrogen) atoms. The number of ether oxygens (including phenoxy) is 4. The van der Waals surface area contributed by atoms with Gasteiger partial charge in [0.25, 0.3) is 0 Å². The molecule has 0 aliphatic rings. The number of hydrogen-bond donors (Lipinski definition) is 3. The number of aliphatic carboxylic acids is 1. The Bertz CT molecular complexity index is 679. The van der Waals surface area contributed by atoms with Crippen molar-refractivity contribution in [1.82, 2.24) is 0 Å². The van der Waals surface area contributed by atoms with Crippen molar-refractivity contribution < 1.29 is 33.6 Å². The lowest BCUT2D eigenvalue weighted by Gasteiger charge is -2.40. The van der Waals surface area contributed by atoms with Crippen LogP contribution in [0.1, 0.15) is 26.3 Å². The molecule has 1 aromatic carbocycles. The highest BCUT2D eigenvalue weighted by Gasteiger charge is 2.57. The molecule has 2 unspecified atom stereocenters. The lowest BCUT2D eigenvalue weighted by molar-refractivity contribution is -0.191. The number of Topliss-reactive ketones (excluding diaryl/α,β-unsaturated/α-hetero) is 1. The molecule has 1 rings (SSSR count). The molecule has 182 valence electrons. The Morgan fingerprint density at radius 3 is 1.88 bits per heavy atom. The Labute approximate surface area is 190 Å². The first kappa shape index (κ1) is 28.2. The molecular formula is C23H38N2O7. The molecule has 0 radical (unpaired) electrons. The summed E-state index contributed by atoms with van der Waals surface area (Å²) in [7, 11) is 0. The van der Waals surface area contributed by atoms with Gasteiger partial charge in [-0.05, 0) is 12.0 Å². The van der Waals surface area contributed by atoms with Crippen molar-refractivity contribution in [3.8, 4) is 0 Å². The Kier molecular flexibility index (Phi) is 12.6. The predicted octanol–water partition coefficient (Wildman–Crippen LogP) is 1.02. The van der Waals surface area contributed by atoms with Crippen molar-refractivity contribution in [2.24, 2.45) is 16.9 Å². The van der Waals surface area contributed by atoms with Crippen LogP contribution in [0, 0.1) is 5.41 Å². The number of benzene rings is 1. The molecule has 9 nitrogen and oxygen atoms in total. The molecule has 0 fully saturated rings. The molecule has 0 saturated carbocycles. The van der Waals surface area contributed by atoms with E-state index in [9.17, 15) is 14.7 Å². The van der Waals surface area contributed by atoms with Crippen molar-refractivity contribution in [2.45, 2.75) is 38.8 Å². The number of nitrogens with two attached hydrogens (primary N) is 2. The Hall–Kier alpha value is -1.88. The zero-order valence-corrected chi connectivity index (χ0v) is 19.4. The van der Waals surface area contributed by atoms with Gasteiger partial charge in [0.05, 0.1) is 52.3 Å². The first-order valence-corrected chi connectivity index (χ1v) is 10.8. The third-order valence-electron chi connectivity index (χ3n) is 4.89. The van der Waals surface area contributed by atoms with Gasteiger partial charge >= 0.3 is 5.97 Å². The maximum atomic E-state index is 13.3. The molecule has 0 amide bonds. The van der Waals surface area contributed by atoms with Crippen molar-refractivity contribution in [3.05, 3.63) is 35.9 Å². The van der Waals surface area contributed by atoms with Crippen molar-refractivity contribution in [3.63, 3.8) is 0 Å². The average Bonchev–Trinajstić information content (AvgIpc) is 2.73. The van der Waals surface area contributed by atoms with Gasteiger partial charge < -0.3 is 35.5 Å². The third-order valence-corrected chi connectivity index (χ3v) is 4.89. The number of hydrogen-bond acceptors (Lipinski definition) is 8. The van der Waals surface area contributed by atoms with E-state index in [1.54, 1.807) is 20.8 Å². The topological polar surface area (TPSA) is 143 Å². The van der Waals surface area contributed by atoms with Gasteiger partial charge in [-0.2, -0.15) is 0 Å². The van der Waals surface area contributed by atoms with E-state index in [2.05, 4.69) is 0 Å². The summed E-state index contributed by atoms with van der Waals surface area (Å²) >= 11 is 0. The highest BCUT2D eigenvalue weighted by Crippen LogP contribution is 2.36. The molecule has 5 N–H and O–H groups in total. The molecule has 0 heterocycles. The normalized spacial score (nSPS) is 14.7. The van der Waals surface area contributed by atoms with Crippen LogP contribution in [0.25, 0.3) is 0 Å². The maximum absolute atomic E-state index is 13.3. The van der Waals surface area contributed by atoms with E-state index in [4.69, 9.17) is 30.4 Å². The van der Waals surface area contributed by atoms with Crippen LogP contribution in [0.2, 0.25) is 0 Å². The molecule has 0 aromatic heterocycles. The smallest absolute Gasteiger partial charge is 0.344 e. The van der Waals surface area contributed by atoms with E-state index in [1.165, 1.54) is 0 Å². The fraction of sp³-hybridized carbons (Fsp3) is 0.652. The molecule has 0 spiro atoms. The Morgan fingerprint density at radius 1 is 0.906 bits per heavy atom. The van der Waals surface area contributed by atoms with Gasteiger partial charge in [0.1, 0.15) is 0 Å². The van der Waals surface area contributed by atoms with Gasteiger partial charge in [0.15, 0.2) is 5.78 Å². The largest absolute Gasteiger partial charge is 0.479 e.